The largest absolute Gasteiger partial charge is 0.316 e. The van der Waals surface area contributed by atoms with Crippen LogP contribution in [0.5, 0.6) is 0 Å². The van der Waals surface area contributed by atoms with E-state index in [9.17, 15) is 0 Å². The van der Waals surface area contributed by atoms with Gasteiger partial charge in [-0.2, -0.15) is 0 Å². The van der Waals surface area contributed by atoms with Crippen LogP contribution in [0.25, 0.3) is 0 Å². The Kier molecular flexibility index (Phi) is 5.56. The fourth-order valence-corrected chi connectivity index (χ4v) is 3.80. The Hall–Kier alpha value is -0.240. The minimum Gasteiger partial charge on any atom is -0.316 e. The lowest BCUT2D eigenvalue weighted by molar-refractivity contribution is 0.280. The molecule has 0 atom stereocenters. The molecule has 1 saturated carbocycles. The summed E-state index contributed by atoms with van der Waals surface area (Å²) in [5.74, 6) is 0. The van der Waals surface area contributed by atoms with Crippen LogP contribution < -0.4 is 5.32 Å². The van der Waals surface area contributed by atoms with E-state index in [0.717, 1.165) is 23.1 Å². The van der Waals surface area contributed by atoms with Gasteiger partial charge in [0.05, 0.1) is 0 Å². The van der Waals surface area contributed by atoms with Gasteiger partial charge in [0, 0.05) is 22.0 Å². The van der Waals surface area contributed by atoms with Crippen LogP contribution in [0.3, 0.4) is 0 Å². The summed E-state index contributed by atoms with van der Waals surface area (Å²) < 4.78 is 0. The molecule has 1 fully saturated rings. The highest BCUT2D eigenvalue weighted by Gasteiger charge is 2.35. The maximum atomic E-state index is 6.45. The summed E-state index contributed by atoms with van der Waals surface area (Å²) in [5.41, 5.74) is 1.48. The topological polar surface area (TPSA) is 12.0 Å². The van der Waals surface area contributed by atoms with Crippen molar-refractivity contribution in [2.24, 2.45) is 0 Å². The highest BCUT2D eigenvalue weighted by Crippen LogP contribution is 2.42. The maximum absolute atomic E-state index is 6.45. The van der Waals surface area contributed by atoms with Crippen molar-refractivity contribution >= 4 is 23.2 Å². The Labute approximate surface area is 126 Å². The van der Waals surface area contributed by atoms with E-state index in [0.29, 0.717) is 0 Å². The molecule has 0 aromatic heterocycles. The average molecular weight is 300 g/mol. The predicted molar refractivity (Wildman–Crippen MR) is 84.4 cm³/mol. The Bertz CT molecular complexity index is 411. The Balaban J connectivity index is 2.25. The second-order valence-electron chi connectivity index (χ2n) is 5.64. The monoisotopic (exact) mass is 299 g/mol. The molecule has 0 saturated heterocycles. The normalized spacial score (nSPS) is 18.5. The second kappa shape index (κ2) is 6.97. The molecule has 1 aromatic rings. The van der Waals surface area contributed by atoms with Gasteiger partial charge in [0.2, 0.25) is 0 Å². The van der Waals surface area contributed by atoms with Crippen LogP contribution in [0, 0.1) is 0 Å². The first-order valence-corrected chi connectivity index (χ1v) is 8.10. The summed E-state index contributed by atoms with van der Waals surface area (Å²) in [4.78, 5) is 0. The highest BCUT2D eigenvalue weighted by atomic mass is 35.5. The van der Waals surface area contributed by atoms with E-state index in [1.807, 2.05) is 12.1 Å². The Morgan fingerprint density at radius 3 is 2.53 bits per heavy atom. The summed E-state index contributed by atoms with van der Waals surface area (Å²) in [5, 5.41) is 5.14. The van der Waals surface area contributed by atoms with Crippen molar-refractivity contribution < 1.29 is 0 Å². The van der Waals surface area contributed by atoms with Gasteiger partial charge >= 0.3 is 0 Å². The van der Waals surface area contributed by atoms with Crippen molar-refractivity contribution in [2.45, 2.75) is 50.9 Å². The van der Waals surface area contributed by atoms with E-state index in [4.69, 9.17) is 23.2 Å². The minimum absolute atomic E-state index is 0.203. The molecule has 1 aromatic carbocycles. The summed E-state index contributed by atoms with van der Waals surface area (Å²) in [6.07, 6.45) is 7.57. The number of halogens is 2. The van der Waals surface area contributed by atoms with Crippen molar-refractivity contribution in [1.82, 2.24) is 5.32 Å². The fourth-order valence-electron chi connectivity index (χ4n) is 3.19. The first-order chi connectivity index (χ1) is 9.18. The molecule has 0 heterocycles. The van der Waals surface area contributed by atoms with E-state index >= 15 is 0 Å². The minimum atomic E-state index is 0.203. The molecule has 0 spiro atoms. The molecule has 0 radical (unpaired) electrons. The van der Waals surface area contributed by atoms with Gasteiger partial charge in [-0.25, -0.2) is 0 Å². The number of hydrogen-bond donors (Lipinski definition) is 1. The van der Waals surface area contributed by atoms with Crippen LogP contribution in [0.4, 0.5) is 0 Å². The van der Waals surface area contributed by atoms with Crippen molar-refractivity contribution in [2.75, 3.05) is 13.1 Å². The third kappa shape index (κ3) is 3.65. The smallest absolute Gasteiger partial charge is 0.0458 e. The van der Waals surface area contributed by atoms with Crippen molar-refractivity contribution in [3.63, 3.8) is 0 Å². The molecular formula is C16H23Cl2N. The molecule has 0 amide bonds. The van der Waals surface area contributed by atoms with E-state index in [1.165, 1.54) is 44.1 Å². The maximum Gasteiger partial charge on any atom is 0.0458 e. The zero-order valence-electron chi connectivity index (χ0n) is 11.6. The van der Waals surface area contributed by atoms with Gasteiger partial charge in [-0.15, -0.1) is 0 Å². The number of hydrogen-bond acceptors (Lipinski definition) is 1. The molecule has 106 valence electrons. The molecule has 2 rings (SSSR count). The molecule has 1 nitrogen and oxygen atoms in total. The van der Waals surface area contributed by atoms with E-state index in [-0.39, 0.29) is 5.41 Å². The van der Waals surface area contributed by atoms with Crippen molar-refractivity contribution in [1.29, 1.82) is 0 Å². The third-order valence-electron chi connectivity index (χ3n) is 4.20. The van der Waals surface area contributed by atoms with Crippen LogP contribution in [-0.4, -0.2) is 13.1 Å². The molecule has 0 bridgehead atoms. The van der Waals surface area contributed by atoms with E-state index in [2.05, 4.69) is 18.3 Å². The first kappa shape index (κ1) is 15.2. The molecule has 0 unspecified atom stereocenters. The van der Waals surface area contributed by atoms with Crippen LogP contribution in [-0.2, 0) is 5.41 Å². The van der Waals surface area contributed by atoms with Gasteiger partial charge < -0.3 is 5.32 Å². The molecule has 1 aliphatic rings. The standard InChI is InChI=1S/C16H23Cl2N/c1-2-10-19-12-16(8-4-3-5-9-16)14-7-6-13(17)11-15(14)18/h6-7,11,19H,2-5,8-10,12H2,1H3. The lowest BCUT2D eigenvalue weighted by atomic mass is 9.69. The van der Waals surface area contributed by atoms with Gasteiger partial charge in [0.15, 0.2) is 0 Å². The Morgan fingerprint density at radius 2 is 1.89 bits per heavy atom. The first-order valence-electron chi connectivity index (χ1n) is 7.34. The van der Waals surface area contributed by atoms with Gasteiger partial charge in [0.1, 0.15) is 0 Å². The van der Waals surface area contributed by atoms with Gasteiger partial charge in [0.25, 0.3) is 0 Å². The SMILES string of the molecule is CCCNCC1(c2ccc(Cl)cc2Cl)CCCCC1. The third-order valence-corrected chi connectivity index (χ3v) is 4.75. The summed E-state index contributed by atoms with van der Waals surface area (Å²) >= 11 is 12.5. The van der Waals surface area contributed by atoms with E-state index in [1.54, 1.807) is 0 Å². The van der Waals surface area contributed by atoms with Crippen LogP contribution in [0.1, 0.15) is 51.0 Å². The number of benzene rings is 1. The summed E-state index contributed by atoms with van der Waals surface area (Å²) in [7, 11) is 0. The summed E-state index contributed by atoms with van der Waals surface area (Å²) in [6, 6.07) is 5.98. The zero-order chi connectivity index (χ0) is 13.7. The van der Waals surface area contributed by atoms with Crippen LogP contribution in [0.2, 0.25) is 10.0 Å². The average Bonchev–Trinajstić information content (AvgIpc) is 2.40. The molecule has 19 heavy (non-hydrogen) atoms. The summed E-state index contributed by atoms with van der Waals surface area (Å²) in [6.45, 7) is 4.31. The van der Waals surface area contributed by atoms with Gasteiger partial charge in [-0.1, -0.05) is 55.5 Å². The van der Waals surface area contributed by atoms with Gasteiger partial charge in [-0.05, 0) is 43.5 Å². The molecule has 1 aliphatic carbocycles. The van der Waals surface area contributed by atoms with Gasteiger partial charge in [-0.3, -0.25) is 0 Å². The van der Waals surface area contributed by atoms with Crippen LogP contribution in [0.15, 0.2) is 18.2 Å². The fraction of sp³-hybridized carbons (Fsp3) is 0.625. The molecule has 3 heteroatoms. The van der Waals surface area contributed by atoms with Crippen molar-refractivity contribution in [3.8, 4) is 0 Å². The quantitative estimate of drug-likeness (QED) is 0.737. The lowest BCUT2D eigenvalue weighted by Gasteiger charge is -2.39. The second-order valence-corrected chi connectivity index (χ2v) is 6.49. The zero-order valence-corrected chi connectivity index (χ0v) is 13.2. The van der Waals surface area contributed by atoms with Crippen molar-refractivity contribution in [3.05, 3.63) is 33.8 Å². The highest BCUT2D eigenvalue weighted by molar-refractivity contribution is 6.35. The molecular weight excluding hydrogens is 277 g/mol. The lowest BCUT2D eigenvalue weighted by Crippen LogP contribution is -2.40. The Morgan fingerprint density at radius 1 is 1.16 bits per heavy atom. The molecule has 1 N–H and O–H groups in total. The predicted octanol–water partition coefficient (Wildman–Crippen LogP) is 5.19. The van der Waals surface area contributed by atoms with Crippen LogP contribution >= 0.6 is 23.2 Å². The van der Waals surface area contributed by atoms with E-state index < -0.39 is 0 Å². The number of rotatable bonds is 5. The molecule has 0 aliphatic heterocycles. The number of nitrogens with one attached hydrogen (secondary N) is 1.